The average Bonchev–Trinajstić information content (AvgIpc) is 2.39. The van der Waals surface area contributed by atoms with Gasteiger partial charge in [-0.1, -0.05) is 37.5 Å². The first-order valence-electron chi connectivity index (χ1n) is 6.14. The van der Waals surface area contributed by atoms with Crippen molar-refractivity contribution in [3.63, 3.8) is 0 Å². The van der Waals surface area contributed by atoms with E-state index < -0.39 is 0 Å². The predicted molar refractivity (Wildman–Crippen MR) is 65.7 cm³/mol. The maximum absolute atomic E-state index is 11.8. The van der Waals surface area contributed by atoms with E-state index in [0.29, 0.717) is 5.92 Å². The average molecular weight is 217 g/mol. The molecule has 1 fully saturated rings. The van der Waals surface area contributed by atoms with Crippen molar-refractivity contribution in [1.82, 2.24) is 5.32 Å². The molecule has 0 radical (unpaired) electrons. The van der Waals surface area contributed by atoms with Gasteiger partial charge in [0.2, 0.25) is 0 Å². The quantitative estimate of drug-likeness (QED) is 0.810. The molecule has 0 heterocycles. The Bertz CT molecular complexity index is 367. The van der Waals surface area contributed by atoms with Crippen LogP contribution in [-0.2, 0) is 0 Å². The number of carbonyl (C=O) groups excluding carboxylic acids is 1. The van der Waals surface area contributed by atoms with Crippen LogP contribution in [0.15, 0.2) is 24.3 Å². The third kappa shape index (κ3) is 2.26. The van der Waals surface area contributed by atoms with Gasteiger partial charge in [-0.15, -0.1) is 0 Å². The Balaban J connectivity index is 2.28. The Morgan fingerprint density at radius 2 is 1.88 bits per heavy atom. The fourth-order valence-electron chi connectivity index (χ4n) is 2.61. The third-order valence-electron chi connectivity index (χ3n) is 3.48. The second-order valence-electron chi connectivity index (χ2n) is 4.50. The van der Waals surface area contributed by atoms with E-state index >= 15 is 0 Å². The summed E-state index contributed by atoms with van der Waals surface area (Å²) in [6.07, 6.45) is 6.40. The van der Waals surface area contributed by atoms with E-state index in [1.807, 2.05) is 18.2 Å². The smallest absolute Gasteiger partial charge is 0.251 e. The minimum atomic E-state index is 0.0428. The molecule has 0 saturated heterocycles. The number of carbonyl (C=O) groups is 1. The Morgan fingerprint density at radius 1 is 1.19 bits per heavy atom. The molecular weight excluding hydrogens is 198 g/mol. The molecule has 2 rings (SSSR count). The SMILES string of the molecule is CNC(=O)c1ccccc1C1CCCCC1. The lowest BCUT2D eigenvalue weighted by Gasteiger charge is -2.23. The molecule has 1 saturated carbocycles. The standard InChI is InChI=1S/C14H19NO/c1-15-14(16)13-10-6-5-9-12(13)11-7-3-2-4-8-11/h5-6,9-11H,2-4,7-8H2,1H3,(H,15,16). The van der Waals surface area contributed by atoms with Gasteiger partial charge >= 0.3 is 0 Å². The van der Waals surface area contributed by atoms with Gasteiger partial charge in [0.15, 0.2) is 0 Å². The molecule has 1 amide bonds. The maximum Gasteiger partial charge on any atom is 0.251 e. The van der Waals surface area contributed by atoms with Crippen molar-refractivity contribution in [3.05, 3.63) is 35.4 Å². The molecule has 0 bridgehead atoms. The lowest BCUT2D eigenvalue weighted by atomic mass is 9.82. The molecule has 1 aliphatic carbocycles. The van der Waals surface area contributed by atoms with Crippen LogP contribution in [0.3, 0.4) is 0 Å². The highest BCUT2D eigenvalue weighted by molar-refractivity contribution is 5.95. The molecule has 16 heavy (non-hydrogen) atoms. The highest BCUT2D eigenvalue weighted by Crippen LogP contribution is 2.34. The molecule has 0 spiro atoms. The Labute approximate surface area is 97.1 Å². The van der Waals surface area contributed by atoms with Gasteiger partial charge in [0.25, 0.3) is 5.91 Å². The predicted octanol–water partition coefficient (Wildman–Crippen LogP) is 3.09. The zero-order valence-corrected chi connectivity index (χ0v) is 9.83. The largest absolute Gasteiger partial charge is 0.355 e. The van der Waals surface area contributed by atoms with E-state index in [4.69, 9.17) is 0 Å². The summed E-state index contributed by atoms with van der Waals surface area (Å²) < 4.78 is 0. The van der Waals surface area contributed by atoms with Gasteiger partial charge in [0.05, 0.1) is 0 Å². The van der Waals surface area contributed by atoms with Gasteiger partial charge in [0, 0.05) is 12.6 Å². The van der Waals surface area contributed by atoms with Crippen LogP contribution >= 0.6 is 0 Å². The number of amides is 1. The normalized spacial score (nSPS) is 17.1. The van der Waals surface area contributed by atoms with Crippen LogP contribution < -0.4 is 5.32 Å². The lowest BCUT2D eigenvalue weighted by molar-refractivity contribution is 0.0961. The van der Waals surface area contributed by atoms with Crippen molar-refractivity contribution in [2.24, 2.45) is 0 Å². The third-order valence-corrected chi connectivity index (χ3v) is 3.48. The monoisotopic (exact) mass is 217 g/mol. The molecule has 1 N–H and O–H groups in total. The number of nitrogens with one attached hydrogen (secondary N) is 1. The van der Waals surface area contributed by atoms with Crippen LogP contribution in [0.1, 0.15) is 53.9 Å². The molecule has 0 aromatic heterocycles. The highest BCUT2D eigenvalue weighted by atomic mass is 16.1. The summed E-state index contributed by atoms with van der Waals surface area (Å²) in [5.41, 5.74) is 2.10. The van der Waals surface area contributed by atoms with Crippen molar-refractivity contribution < 1.29 is 4.79 Å². The molecule has 0 atom stereocenters. The molecule has 1 aromatic carbocycles. The van der Waals surface area contributed by atoms with Gasteiger partial charge in [-0.2, -0.15) is 0 Å². The van der Waals surface area contributed by atoms with Crippen LogP contribution in [-0.4, -0.2) is 13.0 Å². The van der Waals surface area contributed by atoms with Crippen LogP contribution in [0.25, 0.3) is 0 Å². The zero-order valence-electron chi connectivity index (χ0n) is 9.83. The van der Waals surface area contributed by atoms with E-state index in [9.17, 15) is 4.79 Å². The van der Waals surface area contributed by atoms with E-state index in [2.05, 4.69) is 11.4 Å². The van der Waals surface area contributed by atoms with Gasteiger partial charge in [-0.25, -0.2) is 0 Å². The topological polar surface area (TPSA) is 29.1 Å². The second kappa shape index (κ2) is 5.15. The summed E-state index contributed by atoms with van der Waals surface area (Å²) in [5.74, 6) is 0.628. The summed E-state index contributed by atoms with van der Waals surface area (Å²) in [4.78, 5) is 11.8. The van der Waals surface area contributed by atoms with Gasteiger partial charge < -0.3 is 5.32 Å². The van der Waals surface area contributed by atoms with Crippen molar-refractivity contribution in [2.75, 3.05) is 7.05 Å². The first-order chi connectivity index (χ1) is 7.83. The summed E-state index contributed by atoms with van der Waals surface area (Å²) in [7, 11) is 1.69. The van der Waals surface area contributed by atoms with Crippen LogP contribution in [0.5, 0.6) is 0 Å². The summed E-state index contributed by atoms with van der Waals surface area (Å²) in [6, 6.07) is 8.02. The Kier molecular flexibility index (Phi) is 3.60. The van der Waals surface area contributed by atoms with E-state index in [-0.39, 0.29) is 5.91 Å². The van der Waals surface area contributed by atoms with Crippen LogP contribution in [0.2, 0.25) is 0 Å². The summed E-state index contributed by atoms with van der Waals surface area (Å²) in [5, 5.41) is 2.72. The van der Waals surface area contributed by atoms with Gasteiger partial charge in [0.1, 0.15) is 0 Å². The molecule has 0 aliphatic heterocycles. The molecule has 2 nitrogen and oxygen atoms in total. The van der Waals surface area contributed by atoms with Gasteiger partial charge in [-0.3, -0.25) is 4.79 Å². The maximum atomic E-state index is 11.8. The summed E-state index contributed by atoms with van der Waals surface area (Å²) >= 11 is 0. The first kappa shape index (κ1) is 11.2. The van der Waals surface area contributed by atoms with E-state index in [0.717, 1.165) is 5.56 Å². The van der Waals surface area contributed by atoms with Gasteiger partial charge in [-0.05, 0) is 30.4 Å². The zero-order chi connectivity index (χ0) is 11.4. The van der Waals surface area contributed by atoms with Crippen molar-refractivity contribution in [3.8, 4) is 0 Å². The summed E-state index contributed by atoms with van der Waals surface area (Å²) in [6.45, 7) is 0. The highest BCUT2D eigenvalue weighted by Gasteiger charge is 2.20. The number of rotatable bonds is 2. The number of benzene rings is 1. The minimum Gasteiger partial charge on any atom is -0.355 e. The number of hydrogen-bond donors (Lipinski definition) is 1. The number of hydrogen-bond acceptors (Lipinski definition) is 1. The van der Waals surface area contributed by atoms with Crippen molar-refractivity contribution in [1.29, 1.82) is 0 Å². The molecule has 1 aromatic rings. The fraction of sp³-hybridized carbons (Fsp3) is 0.500. The van der Waals surface area contributed by atoms with E-state index in [1.165, 1.54) is 37.7 Å². The Hall–Kier alpha value is -1.31. The fourth-order valence-corrected chi connectivity index (χ4v) is 2.61. The molecule has 86 valence electrons. The van der Waals surface area contributed by atoms with Crippen molar-refractivity contribution >= 4 is 5.91 Å². The lowest BCUT2D eigenvalue weighted by Crippen LogP contribution is -2.21. The van der Waals surface area contributed by atoms with Crippen molar-refractivity contribution in [2.45, 2.75) is 38.0 Å². The molecule has 2 heteroatoms. The first-order valence-corrected chi connectivity index (χ1v) is 6.14. The second-order valence-corrected chi connectivity index (χ2v) is 4.50. The molecule has 0 unspecified atom stereocenters. The van der Waals surface area contributed by atoms with Crippen LogP contribution in [0.4, 0.5) is 0 Å². The minimum absolute atomic E-state index is 0.0428. The molecular formula is C14H19NO. The Morgan fingerprint density at radius 3 is 2.56 bits per heavy atom. The molecule has 1 aliphatic rings. The van der Waals surface area contributed by atoms with Crippen LogP contribution in [0, 0.1) is 0 Å². The van der Waals surface area contributed by atoms with E-state index in [1.54, 1.807) is 7.05 Å².